The summed E-state index contributed by atoms with van der Waals surface area (Å²) in [5.74, 6) is 0.357. The fourth-order valence-corrected chi connectivity index (χ4v) is 2.38. The van der Waals surface area contributed by atoms with E-state index in [2.05, 4.69) is 43.5 Å². The van der Waals surface area contributed by atoms with Gasteiger partial charge in [-0.3, -0.25) is 4.79 Å². The second-order valence-electron chi connectivity index (χ2n) is 5.28. The number of Topliss-reactive ketones (excluding diaryl/α,β-unsaturated/α-hetero) is 1. The molecule has 1 heteroatoms. The molecule has 0 amide bonds. The summed E-state index contributed by atoms with van der Waals surface area (Å²) < 4.78 is 0. The number of benzene rings is 1. The molecule has 0 aliphatic heterocycles. The van der Waals surface area contributed by atoms with E-state index in [1.54, 1.807) is 0 Å². The Morgan fingerprint density at radius 3 is 2.65 bits per heavy atom. The Morgan fingerprint density at radius 2 is 2.00 bits per heavy atom. The van der Waals surface area contributed by atoms with Gasteiger partial charge in [-0.2, -0.15) is 0 Å². The number of allylic oxidation sites excluding steroid dienone is 1. The fraction of sp³-hybridized carbons (Fsp3) is 0.474. The summed E-state index contributed by atoms with van der Waals surface area (Å²) in [5, 5.41) is 0. The van der Waals surface area contributed by atoms with Crippen LogP contribution in [0.25, 0.3) is 0 Å². The van der Waals surface area contributed by atoms with Gasteiger partial charge < -0.3 is 0 Å². The van der Waals surface area contributed by atoms with E-state index in [4.69, 9.17) is 0 Å². The SMILES string of the molecule is C=C=CC(CCCc1ccccc1)C(=O)CCCCC. The maximum atomic E-state index is 12.2. The Kier molecular flexibility index (Phi) is 8.42. The van der Waals surface area contributed by atoms with Gasteiger partial charge in [0.05, 0.1) is 0 Å². The number of carbonyl (C=O) groups excluding carboxylic acids is 1. The van der Waals surface area contributed by atoms with Gasteiger partial charge in [0.2, 0.25) is 0 Å². The Hall–Kier alpha value is -1.59. The lowest BCUT2D eigenvalue weighted by Crippen LogP contribution is -2.12. The summed E-state index contributed by atoms with van der Waals surface area (Å²) in [5.41, 5.74) is 4.13. The summed E-state index contributed by atoms with van der Waals surface area (Å²) in [6.45, 7) is 5.77. The molecule has 1 aromatic rings. The lowest BCUT2D eigenvalue weighted by atomic mass is 9.93. The van der Waals surface area contributed by atoms with Crippen LogP contribution >= 0.6 is 0 Å². The molecule has 1 aromatic carbocycles. The van der Waals surface area contributed by atoms with Gasteiger partial charge in [-0.25, -0.2) is 0 Å². The lowest BCUT2D eigenvalue weighted by molar-refractivity contribution is -0.121. The molecule has 1 unspecified atom stereocenters. The Morgan fingerprint density at radius 1 is 1.25 bits per heavy atom. The second kappa shape index (κ2) is 10.2. The number of unbranched alkanes of at least 4 members (excludes halogenated alkanes) is 2. The van der Waals surface area contributed by atoms with Crippen molar-refractivity contribution in [2.45, 2.75) is 51.9 Å². The predicted molar refractivity (Wildman–Crippen MR) is 85.7 cm³/mol. The third-order valence-corrected chi connectivity index (χ3v) is 3.58. The van der Waals surface area contributed by atoms with Gasteiger partial charge >= 0.3 is 0 Å². The molecule has 0 spiro atoms. The number of carbonyl (C=O) groups is 1. The normalized spacial score (nSPS) is 11.7. The van der Waals surface area contributed by atoms with Crippen molar-refractivity contribution in [3.63, 3.8) is 0 Å². The van der Waals surface area contributed by atoms with Crippen LogP contribution in [0.5, 0.6) is 0 Å². The van der Waals surface area contributed by atoms with Gasteiger partial charge in [-0.15, -0.1) is 5.73 Å². The molecule has 1 nitrogen and oxygen atoms in total. The zero-order valence-electron chi connectivity index (χ0n) is 12.6. The number of hydrogen-bond donors (Lipinski definition) is 0. The van der Waals surface area contributed by atoms with E-state index in [1.807, 2.05) is 12.1 Å². The molecule has 0 N–H and O–H groups in total. The highest BCUT2D eigenvalue weighted by atomic mass is 16.1. The molecule has 0 aliphatic rings. The molecular weight excluding hydrogens is 244 g/mol. The minimum Gasteiger partial charge on any atom is -0.299 e. The van der Waals surface area contributed by atoms with Crippen LogP contribution in [0.4, 0.5) is 0 Å². The standard InChI is InChI=1S/C19H26O/c1-3-5-7-16-19(20)18(11-4-2)15-10-14-17-12-8-6-9-13-17/h6,8-9,11-13,18H,2-3,5,7,10,14-16H2,1H3. The topological polar surface area (TPSA) is 17.1 Å². The highest BCUT2D eigenvalue weighted by Gasteiger charge is 2.14. The van der Waals surface area contributed by atoms with Crippen LogP contribution in [-0.2, 0) is 11.2 Å². The maximum absolute atomic E-state index is 12.2. The highest BCUT2D eigenvalue weighted by Crippen LogP contribution is 2.16. The smallest absolute Gasteiger partial charge is 0.140 e. The summed E-state index contributed by atoms with van der Waals surface area (Å²) in [6.07, 6.45) is 8.82. The van der Waals surface area contributed by atoms with Crippen LogP contribution < -0.4 is 0 Å². The molecule has 0 saturated carbocycles. The first kappa shape index (κ1) is 16.5. The van der Waals surface area contributed by atoms with Gasteiger partial charge in [-0.1, -0.05) is 56.7 Å². The average molecular weight is 270 g/mol. The van der Waals surface area contributed by atoms with Crippen LogP contribution in [-0.4, -0.2) is 5.78 Å². The minimum absolute atomic E-state index is 0.00747. The molecule has 0 aromatic heterocycles. The third kappa shape index (κ3) is 6.54. The molecule has 1 atom stereocenters. The molecule has 20 heavy (non-hydrogen) atoms. The van der Waals surface area contributed by atoms with Gasteiger partial charge in [0.15, 0.2) is 0 Å². The van der Waals surface area contributed by atoms with Gasteiger partial charge in [0.1, 0.15) is 5.78 Å². The Balaban J connectivity index is 2.38. The molecule has 108 valence electrons. The summed E-state index contributed by atoms with van der Waals surface area (Å²) >= 11 is 0. The minimum atomic E-state index is 0.00747. The molecule has 0 radical (unpaired) electrons. The third-order valence-electron chi connectivity index (χ3n) is 3.58. The van der Waals surface area contributed by atoms with Crippen LogP contribution in [0, 0.1) is 5.92 Å². The van der Waals surface area contributed by atoms with Crippen molar-refractivity contribution in [1.29, 1.82) is 0 Å². The van der Waals surface area contributed by atoms with E-state index in [0.29, 0.717) is 12.2 Å². The molecule has 0 bridgehead atoms. The van der Waals surface area contributed by atoms with Crippen molar-refractivity contribution >= 4 is 5.78 Å². The number of rotatable bonds is 10. The maximum Gasteiger partial charge on any atom is 0.140 e. The van der Waals surface area contributed by atoms with Crippen molar-refractivity contribution in [2.24, 2.45) is 5.92 Å². The number of ketones is 1. The van der Waals surface area contributed by atoms with E-state index in [9.17, 15) is 4.79 Å². The zero-order chi connectivity index (χ0) is 14.6. The Labute approximate surface area is 123 Å². The van der Waals surface area contributed by atoms with Crippen molar-refractivity contribution in [2.75, 3.05) is 0 Å². The van der Waals surface area contributed by atoms with E-state index in [0.717, 1.165) is 38.5 Å². The van der Waals surface area contributed by atoms with Crippen LogP contribution in [0.15, 0.2) is 48.7 Å². The fourth-order valence-electron chi connectivity index (χ4n) is 2.38. The number of aryl methyl sites for hydroxylation is 1. The monoisotopic (exact) mass is 270 g/mol. The second-order valence-corrected chi connectivity index (χ2v) is 5.28. The molecule has 0 fully saturated rings. The van der Waals surface area contributed by atoms with E-state index < -0.39 is 0 Å². The molecule has 1 rings (SSSR count). The zero-order valence-corrected chi connectivity index (χ0v) is 12.6. The van der Waals surface area contributed by atoms with Crippen molar-refractivity contribution in [1.82, 2.24) is 0 Å². The van der Waals surface area contributed by atoms with Crippen molar-refractivity contribution < 1.29 is 4.79 Å². The first-order valence-corrected chi connectivity index (χ1v) is 7.70. The largest absolute Gasteiger partial charge is 0.299 e. The summed E-state index contributed by atoms with van der Waals surface area (Å²) in [7, 11) is 0. The summed E-state index contributed by atoms with van der Waals surface area (Å²) in [6, 6.07) is 10.4. The van der Waals surface area contributed by atoms with Crippen LogP contribution in [0.2, 0.25) is 0 Å². The Bertz CT molecular complexity index is 426. The van der Waals surface area contributed by atoms with Gasteiger partial charge in [0.25, 0.3) is 0 Å². The predicted octanol–water partition coefficient (Wildman–Crippen LogP) is 5.12. The van der Waals surface area contributed by atoms with Gasteiger partial charge in [-0.05, 0) is 37.3 Å². The number of hydrogen-bond acceptors (Lipinski definition) is 1. The average Bonchev–Trinajstić information content (AvgIpc) is 2.47. The van der Waals surface area contributed by atoms with Crippen molar-refractivity contribution in [3.05, 3.63) is 54.3 Å². The van der Waals surface area contributed by atoms with Crippen LogP contribution in [0.1, 0.15) is 51.0 Å². The first-order chi connectivity index (χ1) is 9.77. The quantitative estimate of drug-likeness (QED) is 0.426. The van der Waals surface area contributed by atoms with E-state index in [-0.39, 0.29) is 5.92 Å². The first-order valence-electron chi connectivity index (χ1n) is 7.70. The molecule has 0 heterocycles. The lowest BCUT2D eigenvalue weighted by Gasteiger charge is -2.11. The van der Waals surface area contributed by atoms with Crippen LogP contribution in [0.3, 0.4) is 0 Å². The van der Waals surface area contributed by atoms with E-state index >= 15 is 0 Å². The molecule has 0 aliphatic carbocycles. The summed E-state index contributed by atoms with van der Waals surface area (Å²) in [4.78, 5) is 12.2. The molecular formula is C19H26O. The highest BCUT2D eigenvalue weighted by molar-refractivity contribution is 5.82. The van der Waals surface area contributed by atoms with E-state index in [1.165, 1.54) is 5.56 Å². The van der Waals surface area contributed by atoms with Gasteiger partial charge in [0, 0.05) is 12.3 Å². The molecule has 0 saturated heterocycles. The van der Waals surface area contributed by atoms with Crippen molar-refractivity contribution in [3.8, 4) is 0 Å².